The van der Waals surface area contributed by atoms with Gasteiger partial charge in [0.1, 0.15) is 12.4 Å². The number of halogens is 1. The second kappa shape index (κ2) is 9.34. The zero-order valence-electron chi connectivity index (χ0n) is 16.4. The highest BCUT2D eigenvalue weighted by atomic mass is 127. The molecule has 2 unspecified atom stereocenters. The molecule has 0 spiro atoms. The lowest BCUT2D eigenvalue weighted by molar-refractivity contribution is -0.0922. The van der Waals surface area contributed by atoms with Crippen LogP contribution in [-0.4, -0.2) is 46.5 Å². The van der Waals surface area contributed by atoms with E-state index in [4.69, 9.17) is 9.73 Å². The summed E-state index contributed by atoms with van der Waals surface area (Å²) in [6, 6.07) is 0.366. The fourth-order valence-electron chi connectivity index (χ4n) is 3.83. The van der Waals surface area contributed by atoms with Gasteiger partial charge in [0.15, 0.2) is 11.8 Å². The minimum atomic E-state index is 0. The Morgan fingerprint density at radius 1 is 1.31 bits per heavy atom. The summed E-state index contributed by atoms with van der Waals surface area (Å²) >= 11 is 0. The topological polar surface area (TPSA) is 76.4 Å². The van der Waals surface area contributed by atoms with Crippen molar-refractivity contribution in [2.75, 3.05) is 13.7 Å². The van der Waals surface area contributed by atoms with Gasteiger partial charge in [0, 0.05) is 38.1 Å². The molecule has 3 rings (SSSR count). The Morgan fingerprint density at radius 2 is 2.12 bits per heavy atom. The molecule has 0 amide bonds. The van der Waals surface area contributed by atoms with Gasteiger partial charge in [-0.25, -0.2) is 4.99 Å². The molecular weight excluding hydrogens is 443 g/mol. The van der Waals surface area contributed by atoms with Crippen LogP contribution in [0.1, 0.15) is 58.1 Å². The van der Waals surface area contributed by atoms with Crippen LogP contribution in [0.3, 0.4) is 0 Å². The Hall–Kier alpha value is -0.900. The van der Waals surface area contributed by atoms with E-state index < -0.39 is 0 Å². The van der Waals surface area contributed by atoms with Crippen molar-refractivity contribution in [3.63, 3.8) is 0 Å². The van der Waals surface area contributed by atoms with Crippen molar-refractivity contribution in [2.24, 2.45) is 10.4 Å². The van der Waals surface area contributed by atoms with Gasteiger partial charge in [0.25, 0.3) is 0 Å². The molecule has 1 saturated carbocycles. The Bertz CT molecular complexity index is 615. The number of hydrogen-bond acceptors (Lipinski definition) is 4. The molecule has 2 N–H and O–H groups in total. The molecule has 2 aliphatic rings. The Balaban J connectivity index is 0.00000243. The van der Waals surface area contributed by atoms with E-state index in [1.54, 1.807) is 7.11 Å². The second-order valence-electron chi connectivity index (χ2n) is 7.67. The van der Waals surface area contributed by atoms with Gasteiger partial charge in [-0.3, -0.25) is 0 Å². The molecule has 1 aliphatic heterocycles. The number of aromatic nitrogens is 3. The molecule has 7 nitrogen and oxygen atoms in total. The summed E-state index contributed by atoms with van der Waals surface area (Å²) in [6.07, 6.45) is 6.03. The number of hydrogen-bond donors (Lipinski definition) is 2. The standard InChI is InChI=1S/C18H32N6O.HI/c1-5-19-17(21-13-11-14(25-4)18(13,2)3)20-12-16-23-22-15-9-7-6-8-10-24(15)16;/h13-14H,5-12H2,1-4H3,(H2,19,20,21);1H. The number of aliphatic imine (C=N–C) groups is 1. The number of ether oxygens (including phenoxy) is 1. The molecule has 0 bridgehead atoms. The lowest BCUT2D eigenvalue weighted by atomic mass is 9.64. The van der Waals surface area contributed by atoms with E-state index in [0.717, 1.165) is 43.5 Å². The first kappa shape index (κ1) is 21.4. The van der Waals surface area contributed by atoms with Crippen molar-refractivity contribution in [1.29, 1.82) is 0 Å². The van der Waals surface area contributed by atoms with E-state index in [9.17, 15) is 0 Å². The van der Waals surface area contributed by atoms with Crippen molar-refractivity contribution in [2.45, 2.75) is 78.1 Å². The predicted molar refractivity (Wildman–Crippen MR) is 114 cm³/mol. The van der Waals surface area contributed by atoms with E-state index in [1.807, 2.05) is 0 Å². The van der Waals surface area contributed by atoms with Crippen molar-refractivity contribution in [3.05, 3.63) is 11.6 Å². The quantitative estimate of drug-likeness (QED) is 0.388. The van der Waals surface area contributed by atoms with Crippen LogP contribution in [0.4, 0.5) is 0 Å². The number of methoxy groups -OCH3 is 1. The minimum absolute atomic E-state index is 0. The van der Waals surface area contributed by atoms with Gasteiger partial charge < -0.3 is 19.9 Å². The van der Waals surface area contributed by atoms with E-state index in [1.165, 1.54) is 19.3 Å². The highest BCUT2D eigenvalue weighted by Gasteiger charge is 2.48. The van der Waals surface area contributed by atoms with Crippen LogP contribution in [0.15, 0.2) is 4.99 Å². The Labute approximate surface area is 173 Å². The van der Waals surface area contributed by atoms with Gasteiger partial charge in [0.2, 0.25) is 0 Å². The first-order valence-electron chi connectivity index (χ1n) is 9.54. The lowest BCUT2D eigenvalue weighted by Gasteiger charge is -2.51. The highest BCUT2D eigenvalue weighted by molar-refractivity contribution is 14.0. The molecular formula is C18H33IN6O. The van der Waals surface area contributed by atoms with Crippen molar-refractivity contribution < 1.29 is 4.74 Å². The van der Waals surface area contributed by atoms with Gasteiger partial charge in [-0.05, 0) is 26.2 Å². The van der Waals surface area contributed by atoms with Crippen LogP contribution in [0.25, 0.3) is 0 Å². The maximum Gasteiger partial charge on any atom is 0.191 e. The lowest BCUT2D eigenvalue weighted by Crippen LogP contribution is -2.63. The molecule has 0 saturated heterocycles. The largest absolute Gasteiger partial charge is 0.381 e. The molecule has 26 heavy (non-hydrogen) atoms. The molecule has 1 aliphatic carbocycles. The van der Waals surface area contributed by atoms with E-state index in [2.05, 4.69) is 46.2 Å². The summed E-state index contributed by atoms with van der Waals surface area (Å²) in [4.78, 5) is 4.76. The number of nitrogens with one attached hydrogen (secondary N) is 2. The second-order valence-corrected chi connectivity index (χ2v) is 7.67. The van der Waals surface area contributed by atoms with Crippen molar-refractivity contribution in [1.82, 2.24) is 25.4 Å². The molecule has 2 atom stereocenters. The third-order valence-electron chi connectivity index (χ3n) is 5.68. The van der Waals surface area contributed by atoms with E-state index >= 15 is 0 Å². The average Bonchev–Trinajstić information content (AvgIpc) is 2.82. The van der Waals surface area contributed by atoms with E-state index in [-0.39, 0.29) is 29.4 Å². The normalized spacial score (nSPS) is 24.7. The molecule has 0 radical (unpaired) electrons. The van der Waals surface area contributed by atoms with Crippen LogP contribution in [0.5, 0.6) is 0 Å². The summed E-state index contributed by atoms with van der Waals surface area (Å²) < 4.78 is 7.80. The molecule has 1 aromatic rings. The number of fused-ring (bicyclic) bond motifs is 1. The van der Waals surface area contributed by atoms with Gasteiger partial charge in [-0.15, -0.1) is 34.2 Å². The maximum atomic E-state index is 5.54. The number of guanidine groups is 1. The predicted octanol–water partition coefficient (Wildman–Crippen LogP) is 2.49. The fourth-order valence-corrected chi connectivity index (χ4v) is 3.83. The molecule has 1 fully saturated rings. The molecule has 8 heteroatoms. The van der Waals surface area contributed by atoms with E-state index in [0.29, 0.717) is 18.7 Å². The van der Waals surface area contributed by atoms with Crippen LogP contribution < -0.4 is 10.6 Å². The maximum absolute atomic E-state index is 5.54. The van der Waals surface area contributed by atoms with Gasteiger partial charge in [0.05, 0.1) is 6.10 Å². The molecule has 148 valence electrons. The van der Waals surface area contributed by atoms with Gasteiger partial charge in [-0.2, -0.15) is 0 Å². The van der Waals surface area contributed by atoms with Gasteiger partial charge >= 0.3 is 0 Å². The molecule has 0 aromatic carbocycles. The highest BCUT2D eigenvalue weighted by Crippen LogP contribution is 2.42. The zero-order valence-corrected chi connectivity index (χ0v) is 18.7. The van der Waals surface area contributed by atoms with Crippen LogP contribution in [-0.2, 0) is 24.2 Å². The first-order valence-corrected chi connectivity index (χ1v) is 9.54. The zero-order chi connectivity index (χ0) is 17.9. The first-order chi connectivity index (χ1) is 12.1. The Kier molecular flexibility index (Phi) is 7.69. The Morgan fingerprint density at radius 3 is 2.81 bits per heavy atom. The average molecular weight is 476 g/mol. The SMILES string of the molecule is CCNC(=NCc1nnc2n1CCCCC2)NC1CC(OC)C1(C)C.I. The summed E-state index contributed by atoms with van der Waals surface area (Å²) in [5, 5.41) is 15.6. The summed E-state index contributed by atoms with van der Waals surface area (Å²) in [5.74, 6) is 2.93. The van der Waals surface area contributed by atoms with Gasteiger partial charge in [-0.1, -0.05) is 20.3 Å². The number of rotatable bonds is 5. The smallest absolute Gasteiger partial charge is 0.191 e. The third-order valence-corrected chi connectivity index (χ3v) is 5.68. The third kappa shape index (κ3) is 4.49. The van der Waals surface area contributed by atoms with Crippen LogP contribution in [0.2, 0.25) is 0 Å². The van der Waals surface area contributed by atoms with Crippen LogP contribution in [0, 0.1) is 5.41 Å². The summed E-state index contributed by atoms with van der Waals surface area (Å²) in [7, 11) is 1.79. The minimum Gasteiger partial charge on any atom is -0.381 e. The summed E-state index contributed by atoms with van der Waals surface area (Å²) in [6.45, 7) is 8.98. The van der Waals surface area contributed by atoms with Crippen LogP contribution >= 0.6 is 24.0 Å². The fraction of sp³-hybridized carbons (Fsp3) is 0.833. The molecule has 2 heterocycles. The van der Waals surface area contributed by atoms with Crippen molar-refractivity contribution >= 4 is 29.9 Å². The number of nitrogens with zero attached hydrogens (tertiary/aromatic N) is 4. The monoisotopic (exact) mass is 476 g/mol. The number of aryl methyl sites for hydroxylation is 1. The van der Waals surface area contributed by atoms with Crippen molar-refractivity contribution in [3.8, 4) is 0 Å². The summed E-state index contributed by atoms with van der Waals surface area (Å²) in [5.41, 5.74) is 0.108. The molecule has 1 aromatic heterocycles.